The molecule has 112 valence electrons. The summed E-state index contributed by atoms with van der Waals surface area (Å²) in [5.41, 5.74) is 8.23. The number of aliphatic hydroxyl groups is 1. The van der Waals surface area contributed by atoms with Gasteiger partial charge in [0.05, 0.1) is 17.8 Å². The lowest BCUT2D eigenvalue weighted by atomic mass is 9.96. The van der Waals surface area contributed by atoms with Gasteiger partial charge >= 0.3 is 0 Å². The average Bonchev–Trinajstić information content (AvgIpc) is 2.97. The smallest absolute Gasteiger partial charge is 0.0846 e. The van der Waals surface area contributed by atoms with Crippen molar-refractivity contribution in [3.05, 3.63) is 47.8 Å². The fourth-order valence-electron chi connectivity index (χ4n) is 3.12. The highest BCUT2D eigenvalue weighted by Crippen LogP contribution is 2.28. The predicted molar refractivity (Wildman–Crippen MR) is 83.9 cm³/mol. The molecule has 0 aliphatic heterocycles. The van der Waals surface area contributed by atoms with Gasteiger partial charge in [-0.25, -0.2) is 0 Å². The van der Waals surface area contributed by atoms with Gasteiger partial charge in [-0.2, -0.15) is 5.10 Å². The zero-order valence-electron chi connectivity index (χ0n) is 12.3. The molecular formula is C17H23N3O. The fraction of sp³-hybridized carbons (Fsp3) is 0.471. The lowest BCUT2D eigenvalue weighted by Crippen LogP contribution is -2.13. The van der Waals surface area contributed by atoms with Crippen LogP contribution in [0.2, 0.25) is 0 Å². The van der Waals surface area contributed by atoms with E-state index in [0.29, 0.717) is 18.2 Å². The summed E-state index contributed by atoms with van der Waals surface area (Å²) in [7, 11) is 0. The molecule has 1 aromatic carbocycles. The van der Waals surface area contributed by atoms with Gasteiger partial charge in [-0.15, -0.1) is 0 Å². The van der Waals surface area contributed by atoms with Crippen LogP contribution in [0.15, 0.2) is 36.5 Å². The van der Waals surface area contributed by atoms with Crippen molar-refractivity contribution in [2.75, 3.05) is 5.73 Å². The Hall–Kier alpha value is -1.81. The molecule has 1 unspecified atom stereocenters. The van der Waals surface area contributed by atoms with Crippen LogP contribution in [0.5, 0.6) is 0 Å². The number of nitrogens with zero attached hydrogens (tertiary/aromatic N) is 2. The molecule has 0 bridgehead atoms. The van der Waals surface area contributed by atoms with Gasteiger partial charge in [0.25, 0.3) is 0 Å². The first-order valence-corrected chi connectivity index (χ1v) is 7.80. The van der Waals surface area contributed by atoms with E-state index < -0.39 is 6.10 Å². The zero-order chi connectivity index (χ0) is 14.7. The van der Waals surface area contributed by atoms with Crippen LogP contribution in [-0.4, -0.2) is 14.9 Å². The quantitative estimate of drug-likeness (QED) is 0.848. The van der Waals surface area contributed by atoms with E-state index in [4.69, 9.17) is 5.73 Å². The standard InChI is InChI=1S/C17H23N3O/c18-14-6-4-5-13(11-14)17(21)12-15-9-10-20(19-15)16-7-2-1-3-8-16/h4-6,9-11,16-17,21H,1-3,7-8,12,18H2. The molecule has 1 fully saturated rings. The summed E-state index contributed by atoms with van der Waals surface area (Å²) < 4.78 is 2.08. The minimum Gasteiger partial charge on any atom is -0.399 e. The number of aromatic nitrogens is 2. The Balaban J connectivity index is 1.66. The van der Waals surface area contributed by atoms with Crippen molar-refractivity contribution in [2.24, 2.45) is 0 Å². The first-order chi connectivity index (χ1) is 10.2. The van der Waals surface area contributed by atoms with Crippen LogP contribution in [-0.2, 0) is 6.42 Å². The SMILES string of the molecule is Nc1cccc(C(O)Cc2ccn(C3CCCCC3)n2)c1. The van der Waals surface area contributed by atoms with E-state index in [2.05, 4.69) is 16.0 Å². The monoisotopic (exact) mass is 285 g/mol. The lowest BCUT2D eigenvalue weighted by Gasteiger charge is -2.21. The van der Waals surface area contributed by atoms with Crippen LogP contribution in [0, 0.1) is 0 Å². The van der Waals surface area contributed by atoms with Crippen molar-refractivity contribution in [2.45, 2.75) is 50.7 Å². The van der Waals surface area contributed by atoms with E-state index in [1.54, 1.807) is 0 Å². The molecule has 0 spiro atoms. The molecule has 4 nitrogen and oxygen atoms in total. The van der Waals surface area contributed by atoms with Crippen molar-refractivity contribution in [1.82, 2.24) is 9.78 Å². The third kappa shape index (κ3) is 3.45. The summed E-state index contributed by atoms with van der Waals surface area (Å²) in [4.78, 5) is 0. The van der Waals surface area contributed by atoms with Crippen LogP contribution in [0.1, 0.15) is 55.5 Å². The normalized spacial score (nSPS) is 17.8. The molecule has 2 aromatic rings. The van der Waals surface area contributed by atoms with E-state index in [0.717, 1.165) is 11.3 Å². The molecule has 1 heterocycles. The number of hydrogen-bond acceptors (Lipinski definition) is 3. The van der Waals surface area contributed by atoms with Crippen LogP contribution in [0.3, 0.4) is 0 Å². The summed E-state index contributed by atoms with van der Waals surface area (Å²) in [6.45, 7) is 0. The predicted octanol–water partition coefficient (Wildman–Crippen LogP) is 3.25. The van der Waals surface area contributed by atoms with Crippen molar-refractivity contribution in [3.8, 4) is 0 Å². The second kappa shape index (κ2) is 6.31. The topological polar surface area (TPSA) is 64.1 Å². The molecule has 3 N–H and O–H groups in total. The van der Waals surface area contributed by atoms with Crippen molar-refractivity contribution < 1.29 is 5.11 Å². The average molecular weight is 285 g/mol. The van der Waals surface area contributed by atoms with Crippen LogP contribution < -0.4 is 5.73 Å². The number of nitrogen functional groups attached to an aromatic ring is 1. The van der Waals surface area contributed by atoms with Crippen LogP contribution in [0.4, 0.5) is 5.69 Å². The molecule has 3 rings (SSSR count). The minimum atomic E-state index is -0.553. The number of aliphatic hydroxyl groups excluding tert-OH is 1. The third-order valence-corrected chi connectivity index (χ3v) is 4.31. The summed E-state index contributed by atoms with van der Waals surface area (Å²) in [5, 5.41) is 15.0. The van der Waals surface area contributed by atoms with Gasteiger partial charge in [0.15, 0.2) is 0 Å². The Morgan fingerprint density at radius 1 is 1.24 bits per heavy atom. The number of nitrogens with two attached hydrogens (primary N) is 1. The third-order valence-electron chi connectivity index (χ3n) is 4.31. The van der Waals surface area contributed by atoms with Gasteiger partial charge in [-0.3, -0.25) is 4.68 Å². The Morgan fingerprint density at radius 2 is 2.05 bits per heavy atom. The maximum absolute atomic E-state index is 10.3. The second-order valence-electron chi connectivity index (χ2n) is 5.97. The Morgan fingerprint density at radius 3 is 2.81 bits per heavy atom. The first-order valence-electron chi connectivity index (χ1n) is 7.80. The summed E-state index contributed by atoms with van der Waals surface area (Å²) in [6, 6.07) is 9.98. The Kier molecular flexibility index (Phi) is 4.25. The Labute approximate surface area is 125 Å². The molecule has 0 amide bonds. The summed E-state index contributed by atoms with van der Waals surface area (Å²) >= 11 is 0. The molecule has 0 radical (unpaired) electrons. The van der Waals surface area contributed by atoms with Crippen molar-refractivity contribution in [1.29, 1.82) is 0 Å². The summed E-state index contributed by atoms with van der Waals surface area (Å²) in [6.07, 6.45) is 8.41. The number of anilines is 1. The molecule has 21 heavy (non-hydrogen) atoms. The summed E-state index contributed by atoms with van der Waals surface area (Å²) in [5.74, 6) is 0. The van der Waals surface area contributed by atoms with Crippen molar-refractivity contribution >= 4 is 5.69 Å². The first kappa shape index (κ1) is 14.1. The van der Waals surface area contributed by atoms with E-state index in [1.165, 1.54) is 32.1 Å². The van der Waals surface area contributed by atoms with Gasteiger partial charge in [0.1, 0.15) is 0 Å². The number of rotatable bonds is 4. The molecule has 0 saturated heterocycles. The highest BCUT2D eigenvalue weighted by molar-refractivity contribution is 5.41. The van der Waals surface area contributed by atoms with Gasteiger partial charge in [-0.05, 0) is 36.6 Å². The van der Waals surface area contributed by atoms with Gasteiger partial charge in [0, 0.05) is 18.3 Å². The second-order valence-corrected chi connectivity index (χ2v) is 5.97. The van der Waals surface area contributed by atoms with Gasteiger partial charge < -0.3 is 10.8 Å². The molecule has 1 aliphatic rings. The van der Waals surface area contributed by atoms with E-state index in [-0.39, 0.29) is 0 Å². The highest BCUT2D eigenvalue weighted by atomic mass is 16.3. The van der Waals surface area contributed by atoms with Gasteiger partial charge in [-0.1, -0.05) is 31.4 Å². The maximum atomic E-state index is 10.3. The molecule has 1 saturated carbocycles. The molecule has 1 aromatic heterocycles. The number of hydrogen-bond donors (Lipinski definition) is 2. The minimum absolute atomic E-state index is 0.531. The molecule has 1 aliphatic carbocycles. The van der Waals surface area contributed by atoms with Crippen molar-refractivity contribution in [3.63, 3.8) is 0 Å². The molecular weight excluding hydrogens is 262 g/mol. The Bertz CT molecular complexity index is 587. The van der Waals surface area contributed by atoms with E-state index in [9.17, 15) is 5.11 Å². The lowest BCUT2D eigenvalue weighted by molar-refractivity contribution is 0.176. The van der Waals surface area contributed by atoms with Crippen LogP contribution >= 0.6 is 0 Å². The zero-order valence-corrected chi connectivity index (χ0v) is 12.3. The molecule has 4 heteroatoms. The van der Waals surface area contributed by atoms with E-state index >= 15 is 0 Å². The largest absolute Gasteiger partial charge is 0.399 e. The van der Waals surface area contributed by atoms with Gasteiger partial charge in [0.2, 0.25) is 0 Å². The van der Waals surface area contributed by atoms with Crippen LogP contribution in [0.25, 0.3) is 0 Å². The number of benzene rings is 1. The fourth-order valence-corrected chi connectivity index (χ4v) is 3.12. The maximum Gasteiger partial charge on any atom is 0.0846 e. The molecule has 1 atom stereocenters. The highest BCUT2D eigenvalue weighted by Gasteiger charge is 2.17. The van der Waals surface area contributed by atoms with E-state index in [1.807, 2.05) is 30.3 Å².